The van der Waals surface area contributed by atoms with E-state index in [0.29, 0.717) is 21.2 Å². The van der Waals surface area contributed by atoms with Crippen LogP contribution in [-0.4, -0.2) is 30.2 Å². The summed E-state index contributed by atoms with van der Waals surface area (Å²) >= 11 is 2.76. The SMILES string of the molecule is COC(=O)c1c(NC(=O)c2cccnc2SC)sc(C)c1C. The molecule has 0 aliphatic heterocycles. The second-order valence-corrected chi connectivity index (χ2v) is 6.51. The van der Waals surface area contributed by atoms with E-state index in [2.05, 4.69) is 10.3 Å². The highest BCUT2D eigenvalue weighted by Gasteiger charge is 2.22. The molecule has 0 spiro atoms. The first-order chi connectivity index (χ1) is 10.5. The zero-order valence-corrected chi connectivity index (χ0v) is 14.4. The van der Waals surface area contributed by atoms with E-state index in [9.17, 15) is 9.59 Å². The molecule has 2 heterocycles. The van der Waals surface area contributed by atoms with Crippen LogP contribution in [0.15, 0.2) is 23.4 Å². The number of carbonyl (C=O) groups is 2. The molecule has 2 aromatic rings. The monoisotopic (exact) mass is 336 g/mol. The number of thioether (sulfide) groups is 1. The summed E-state index contributed by atoms with van der Waals surface area (Å²) in [5.74, 6) is -0.739. The van der Waals surface area contributed by atoms with Gasteiger partial charge in [0.25, 0.3) is 5.91 Å². The molecule has 0 aliphatic carbocycles. The summed E-state index contributed by atoms with van der Waals surface area (Å²) in [6.45, 7) is 3.74. The Morgan fingerprint density at radius 2 is 2.09 bits per heavy atom. The molecule has 0 atom stereocenters. The normalized spacial score (nSPS) is 10.4. The smallest absolute Gasteiger partial charge is 0.341 e. The van der Waals surface area contributed by atoms with Gasteiger partial charge in [0.2, 0.25) is 0 Å². The molecule has 0 saturated heterocycles. The number of ether oxygens (including phenoxy) is 1. The summed E-state index contributed by atoms with van der Waals surface area (Å²) < 4.78 is 4.80. The van der Waals surface area contributed by atoms with Gasteiger partial charge in [0.05, 0.1) is 18.2 Å². The zero-order valence-electron chi connectivity index (χ0n) is 12.7. The van der Waals surface area contributed by atoms with E-state index in [-0.39, 0.29) is 5.91 Å². The lowest BCUT2D eigenvalue weighted by atomic mass is 10.1. The molecular weight excluding hydrogens is 320 g/mol. The predicted molar refractivity (Wildman–Crippen MR) is 89.1 cm³/mol. The maximum atomic E-state index is 12.5. The Balaban J connectivity index is 2.37. The van der Waals surface area contributed by atoms with E-state index >= 15 is 0 Å². The Kier molecular flexibility index (Phi) is 5.20. The number of methoxy groups -OCH3 is 1. The number of anilines is 1. The number of aromatic nitrogens is 1. The molecule has 2 aromatic heterocycles. The molecule has 0 bridgehead atoms. The van der Waals surface area contributed by atoms with Gasteiger partial charge in [0, 0.05) is 11.1 Å². The largest absolute Gasteiger partial charge is 0.465 e. The standard InChI is InChI=1S/C15H16N2O3S2/c1-8-9(2)22-14(11(8)15(19)20-3)17-12(18)10-6-5-7-16-13(10)21-4/h5-7H,1-4H3,(H,17,18). The van der Waals surface area contributed by atoms with Crippen molar-refractivity contribution in [1.29, 1.82) is 0 Å². The third-order valence-corrected chi connectivity index (χ3v) is 5.05. The van der Waals surface area contributed by atoms with Crippen LogP contribution in [0.5, 0.6) is 0 Å². The number of nitrogens with zero attached hydrogens (tertiary/aromatic N) is 1. The van der Waals surface area contributed by atoms with Gasteiger partial charge in [-0.3, -0.25) is 4.79 Å². The van der Waals surface area contributed by atoms with Crippen LogP contribution < -0.4 is 5.32 Å². The average molecular weight is 336 g/mol. The highest BCUT2D eigenvalue weighted by Crippen LogP contribution is 2.33. The Hall–Kier alpha value is -1.86. The number of carbonyl (C=O) groups excluding carboxylic acids is 2. The van der Waals surface area contributed by atoms with Crippen LogP contribution in [0, 0.1) is 13.8 Å². The van der Waals surface area contributed by atoms with Gasteiger partial charge in [-0.1, -0.05) is 0 Å². The van der Waals surface area contributed by atoms with Crippen molar-refractivity contribution in [2.24, 2.45) is 0 Å². The topological polar surface area (TPSA) is 68.3 Å². The minimum Gasteiger partial charge on any atom is -0.465 e. The molecule has 0 aromatic carbocycles. The molecule has 0 aliphatic rings. The lowest BCUT2D eigenvalue weighted by molar-refractivity contribution is 0.0601. The molecule has 0 unspecified atom stereocenters. The van der Waals surface area contributed by atoms with Crippen molar-refractivity contribution < 1.29 is 14.3 Å². The predicted octanol–water partition coefficient (Wildman–Crippen LogP) is 3.52. The molecule has 7 heteroatoms. The van der Waals surface area contributed by atoms with Crippen molar-refractivity contribution >= 4 is 40.0 Å². The first-order valence-corrected chi connectivity index (χ1v) is 8.52. The fraction of sp³-hybridized carbons (Fsp3) is 0.267. The first kappa shape index (κ1) is 16.5. The molecule has 0 saturated carbocycles. The van der Waals surface area contributed by atoms with Gasteiger partial charge in [-0.05, 0) is 37.8 Å². The van der Waals surface area contributed by atoms with Crippen LogP contribution in [0.1, 0.15) is 31.2 Å². The number of pyridine rings is 1. The van der Waals surface area contributed by atoms with Crippen LogP contribution in [0.25, 0.3) is 0 Å². The van der Waals surface area contributed by atoms with Gasteiger partial charge in [-0.25, -0.2) is 9.78 Å². The van der Waals surface area contributed by atoms with Gasteiger partial charge < -0.3 is 10.1 Å². The summed E-state index contributed by atoms with van der Waals surface area (Å²) in [5, 5.41) is 3.95. The molecule has 0 radical (unpaired) electrons. The quantitative estimate of drug-likeness (QED) is 0.683. The highest BCUT2D eigenvalue weighted by atomic mass is 32.2. The highest BCUT2D eigenvalue weighted by molar-refractivity contribution is 7.98. The van der Waals surface area contributed by atoms with Crippen molar-refractivity contribution in [2.45, 2.75) is 18.9 Å². The number of amides is 1. The lowest BCUT2D eigenvalue weighted by Gasteiger charge is -2.08. The maximum Gasteiger partial charge on any atom is 0.341 e. The fourth-order valence-electron chi connectivity index (χ4n) is 1.96. The fourth-order valence-corrected chi connectivity index (χ4v) is 3.55. The molecular formula is C15H16N2O3S2. The van der Waals surface area contributed by atoms with Crippen molar-refractivity contribution in [3.8, 4) is 0 Å². The van der Waals surface area contributed by atoms with E-state index < -0.39 is 5.97 Å². The Bertz CT molecular complexity index is 726. The minimum atomic E-state index is -0.451. The van der Waals surface area contributed by atoms with Crippen molar-refractivity contribution in [3.63, 3.8) is 0 Å². The molecule has 116 valence electrons. The average Bonchev–Trinajstić information content (AvgIpc) is 2.80. The van der Waals surface area contributed by atoms with Gasteiger partial charge in [0.1, 0.15) is 10.0 Å². The Morgan fingerprint density at radius 1 is 1.36 bits per heavy atom. The van der Waals surface area contributed by atoms with Crippen LogP contribution in [0.3, 0.4) is 0 Å². The van der Waals surface area contributed by atoms with E-state index in [1.807, 2.05) is 20.1 Å². The lowest BCUT2D eigenvalue weighted by Crippen LogP contribution is -2.15. The summed E-state index contributed by atoms with van der Waals surface area (Å²) in [6, 6.07) is 3.42. The van der Waals surface area contributed by atoms with E-state index in [4.69, 9.17) is 4.74 Å². The number of rotatable bonds is 4. The number of nitrogens with one attached hydrogen (secondary N) is 1. The molecule has 5 nitrogen and oxygen atoms in total. The second kappa shape index (κ2) is 6.93. The number of hydrogen-bond donors (Lipinski definition) is 1. The molecule has 1 N–H and O–H groups in total. The van der Waals surface area contributed by atoms with E-state index in [1.54, 1.807) is 18.3 Å². The third-order valence-electron chi connectivity index (χ3n) is 3.21. The third kappa shape index (κ3) is 3.15. The molecule has 0 fully saturated rings. The number of esters is 1. The van der Waals surface area contributed by atoms with Crippen molar-refractivity contribution in [2.75, 3.05) is 18.7 Å². The summed E-state index contributed by atoms with van der Waals surface area (Å²) in [5.41, 5.74) is 1.71. The zero-order chi connectivity index (χ0) is 16.3. The van der Waals surface area contributed by atoms with Crippen molar-refractivity contribution in [3.05, 3.63) is 39.9 Å². The molecule has 22 heavy (non-hydrogen) atoms. The molecule has 1 amide bonds. The Labute approximate surface area is 137 Å². The Morgan fingerprint density at radius 3 is 2.73 bits per heavy atom. The van der Waals surface area contributed by atoms with Crippen LogP contribution in [0.2, 0.25) is 0 Å². The maximum absolute atomic E-state index is 12.5. The number of aryl methyl sites for hydroxylation is 1. The minimum absolute atomic E-state index is 0.288. The van der Waals surface area contributed by atoms with E-state index in [1.165, 1.54) is 30.2 Å². The van der Waals surface area contributed by atoms with Gasteiger partial charge in [-0.15, -0.1) is 23.1 Å². The molecule has 2 rings (SSSR count). The number of thiophene rings is 1. The van der Waals surface area contributed by atoms with Crippen molar-refractivity contribution in [1.82, 2.24) is 4.98 Å². The number of hydrogen-bond acceptors (Lipinski definition) is 6. The van der Waals surface area contributed by atoms with Crippen LogP contribution in [-0.2, 0) is 4.74 Å². The summed E-state index contributed by atoms with van der Waals surface area (Å²) in [6.07, 6.45) is 3.50. The summed E-state index contributed by atoms with van der Waals surface area (Å²) in [7, 11) is 1.33. The second-order valence-electron chi connectivity index (χ2n) is 4.49. The van der Waals surface area contributed by atoms with E-state index in [0.717, 1.165) is 10.4 Å². The first-order valence-electron chi connectivity index (χ1n) is 6.48. The van der Waals surface area contributed by atoms with Crippen LogP contribution >= 0.6 is 23.1 Å². The van der Waals surface area contributed by atoms with Crippen LogP contribution in [0.4, 0.5) is 5.00 Å². The summed E-state index contributed by atoms with van der Waals surface area (Å²) in [4.78, 5) is 29.5. The van der Waals surface area contributed by atoms with Gasteiger partial charge in [-0.2, -0.15) is 0 Å². The van der Waals surface area contributed by atoms with Gasteiger partial charge in [0.15, 0.2) is 0 Å². The van der Waals surface area contributed by atoms with Gasteiger partial charge >= 0.3 is 5.97 Å².